The van der Waals surface area contributed by atoms with Crippen molar-refractivity contribution < 1.29 is 14.3 Å². The molecule has 0 fully saturated rings. The minimum atomic E-state index is -0.417. The summed E-state index contributed by atoms with van der Waals surface area (Å²) >= 11 is 0. The second kappa shape index (κ2) is 8.37. The van der Waals surface area contributed by atoms with Crippen molar-refractivity contribution in [3.63, 3.8) is 0 Å². The zero-order valence-corrected chi connectivity index (χ0v) is 11.8. The van der Waals surface area contributed by atoms with E-state index in [1.165, 1.54) is 5.56 Å². The summed E-state index contributed by atoms with van der Waals surface area (Å²) in [6, 6.07) is 5.91. The Morgan fingerprint density at radius 3 is 2.74 bits per heavy atom. The molecule has 0 spiro atoms. The van der Waals surface area contributed by atoms with Gasteiger partial charge in [-0.2, -0.15) is 0 Å². The SMILES string of the molecule is CCc1ccc(OC)c(COC(=O)NCCNC)c1. The van der Waals surface area contributed by atoms with E-state index in [1.807, 2.05) is 25.2 Å². The Labute approximate surface area is 114 Å². The first-order valence-electron chi connectivity index (χ1n) is 6.42. The Bertz CT molecular complexity index is 408. The van der Waals surface area contributed by atoms with Crippen molar-refractivity contribution >= 4 is 6.09 Å². The fraction of sp³-hybridized carbons (Fsp3) is 0.500. The minimum Gasteiger partial charge on any atom is -0.496 e. The lowest BCUT2D eigenvalue weighted by Gasteiger charge is -2.11. The van der Waals surface area contributed by atoms with Crippen LogP contribution in [0.1, 0.15) is 18.1 Å². The molecule has 106 valence electrons. The average molecular weight is 266 g/mol. The van der Waals surface area contributed by atoms with Gasteiger partial charge in [-0.25, -0.2) is 4.79 Å². The highest BCUT2D eigenvalue weighted by Gasteiger charge is 2.07. The second-order valence-electron chi connectivity index (χ2n) is 4.11. The molecule has 2 N–H and O–H groups in total. The van der Waals surface area contributed by atoms with Crippen LogP contribution in [0, 0.1) is 0 Å². The van der Waals surface area contributed by atoms with E-state index < -0.39 is 6.09 Å². The van der Waals surface area contributed by atoms with Gasteiger partial charge in [0, 0.05) is 18.7 Å². The molecule has 0 atom stereocenters. The van der Waals surface area contributed by atoms with Crippen molar-refractivity contribution in [3.05, 3.63) is 29.3 Å². The summed E-state index contributed by atoms with van der Waals surface area (Å²) in [5, 5.41) is 5.60. The van der Waals surface area contributed by atoms with Gasteiger partial charge in [0.2, 0.25) is 0 Å². The number of methoxy groups -OCH3 is 1. The standard InChI is InChI=1S/C14H22N2O3/c1-4-11-5-6-13(18-3)12(9-11)10-19-14(17)16-8-7-15-2/h5-6,9,15H,4,7-8,10H2,1-3H3,(H,16,17). The molecule has 0 bridgehead atoms. The van der Waals surface area contributed by atoms with Gasteiger partial charge in [0.15, 0.2) is 0 Å². The summed E-state index contributed by atoms with van der Waals surface area (Å²) in [7, 11) is 3.44. The molecule has 0 aliphatic rings. The molecule has 0 radical (unpaired) electrons. The number of hydrogen-bond donors (Lipinski definition) is 2. The number of likely N-dealkylation sites (N-methyl/N-ethyl adjacent to an activating group) is 1. The highest BCUT2D eigenvalue weighted by atomic mass is 16.5. The van der Waals surface area contributed by atoms with Crippen molar-refractivity contribution in [2.24, 2.45) is 0 Å². The monoisotopic (exact) mass is 266 g/mol. The molecule has 1 rings (SSSR count). The number of amides is 1. The Kier molecular flexibility index (Phi) is 6.74. The lowest BCUT2D eigenvalue weighted by Crippen LogP contribution is -2.30. The van der Waals surface area contributed by atoms with E-state index >= 15 is 0 Å². The van der Waals surface area contributed by atoms with Crippen LogP contribution in [0.25, 0.3) is 0 Å². The number of rotatable bonds is 7. The summed E-state index contributed by atoms with van der Waals surface area (Å²) in [4.78, 5) is 11.4. The van der Waals surface area contributed by atoms with Gasteiger partial charge < -0.3 is 20.1 Å². The number of hydrogen-bond acceptors (Lipinski definition) is 4. The van der Waals surface area contributed by atoms with Gasteiger partial charge in [0.05, 0.1) is 7.11 Å². The number of alkyl carbamates (subject to hydrolysis) is 1. The molecule has 1 aromatic carbocycles. The third-order valence-electron chi connectivity index (χ3n) is 2.76. The second-order valence-corrected chi connectivity index (χ2v) is 4.11. The Morgan fingerprint density at radius 1 is 1.32 bits per heavy atom. The number of benzene rings is 1. The summed E-state index contributed by atoms with van der Waals surface area (Å²) < 4.78 is 10.4. The third kappa shape index (κ3) is 5.18. The quantitative estimate of drug-likeness (QED) is 0.738. The van der Waals surface area contributed by atoms with Gasteiger partial charge in [-0.05, 0) is 31.2 Å². The molecule has 0 saturated heterocycles. The lowest BCUT2D eigenvalue weighted by molar-refractivity contribution is 0.138. The Morgan fingerprint density at radius 2 is 2.11 bits per heavy atom. The van der Waals surface area contributed by atoms with Crippen LogP contribution < -0.4 is 15.4 Å². The Balaban J connectivity index is 2.53. The maximum Gasteiger partial charge on any atom is 0.407 e. The van der Waals surface area contributed by atoms with E-state index in [1.54, 1.807) is 7.11 Å². The molecule has 0 aliphatic heterocycles. The van der Waals surface area contributed by atoms with Crippen molar-refractivity contribution in [2.75, 3.05) is 27.2 Å². The molecule has 0 unspecified atom stereocenters. The molecule has 19 heavy (non-hydrogen) atoms. The number of aryl methyl sites for hydroxylation is 1. The molecule has 0 aliphatic carbocycles. The van der Waals surface area contributed by atoms with Gasteiger partial charge in [0.25, 0.3) is 0 Å². The first-order chi connectivity index (χ1) is 9.21. The zero-order chi connectivity index (χ0) is 14.1. The predicted molar refractivity (Wildman–Crippen MR) is 74.5 cm³/mol. The summed E-state index contributed by atoms with van der Waals surface area (Å²) in [5.74, 6) is 0.736. The van der Waals surface area contributed by atoms with Gasteiger partial charge in [-0.1, -0.05) is 13.0 Å². The number of carbonyl (C=O) groups excluding carboxylic acids is 1. The number of nitrogens with one attached hydrogen (secondary N) is 2. The summed E-state index contributed by atoms with van der Waals surface area (Å²) in [5.41, 5.74) is 2.07. The fourth-order valence-corrected chi connectivity index (χ4v) is 1.65. The Hall–Kier alpha value is -1.75. The van der Waals surface area contributed by atoms with E-state index in [-0.39, 0.29) is 6.61 Å². The predicted octanol–water partition coefficient (Wildman–Crippen LogP) is 1.70. The summed E-state index contributed by atoms with van der Waals surface area (Å²) in [6.07, 6.45) is 0.518. The van der Waals surface area contributed by atoms with Crippen LogP contribution in [0.15, 0.2) is 18.2 Å². The molecular weight excluding hydrogens is 244 g/mol. The first kappa shape index (κ1) is 15.3. The number of carbonyl (C=O) groups is 1. The van der Waals surface area contributed by atoms with Gasteiger partial charge in [-0.3, -0.25) is 0 Å². The van der Waals surface area contributed by atoms with Crippen LogP contribution >= 0.6 is 0 Å². The smallest absolute Gasteiger partial charge is 0.407 e. The average Bonchev–Trinajstić information content (AvgIpc) is 2.45. The van der Waals surface area contributed by atoms with Crippen LogP contribution in [0.5, 0.6) is 5.75 Å². The van der Waals surface area contributed by atoms with Crippen molar-refractivity contribution in [1.29, 1.82) is 0 Å². The van der Waals surface area contributed by atoms with Gasteiger partial charge in [0.1, 0.15) is 12.4 Å². The molecule has 0 saturated carbocycles. The molecule has 5 nitrogen and oxygen atoms in total. The highest BCUT2D eigenvalue weighted by Crippen LogP contribution is 2.21. The maximum atomic E-state index is 11.4. The number of ether oxygens (including phenoxy) is 2. The lowest BCUT2D eigenvalue weighted by atomic mass is 10.1. The largest absolute Gasteiger partial charge is 0.496 e. The molecule has 0 heterocycles. The topological polar surface area (TPSA) is 59.6 Å². The zero-order valence-electron chi connectivity index (χ0n) is 11.8. The van der Waals surface area contributed by atoms with E-state index in [9.17, 15) is 4.79 Å². The van der Waals surface area contributed by atoms with Crippen LogP contribution in [0.2, 0.25) is 0 Å². The van der Waals surface area contributed by atoms with E-state index in [0.717, 1.165) is 17.7 Å². The normalized spacial score (nSPS) is 10.1. The third-order valence-corrected chi connectivity index (χ3v) is 2.76. The van der Waals surface area contributed by atoms with Crippen LogP contribution in [0.3, 0.4) is 0 Å². The fourth-order valence-electron chi connectivity index (χ4n) is 1.65. The molecule has 5 heteroatoms. The molecular formula is C14H22N2O3. The maximum absolute atomic E-state index is 11.4. The van der Waals surface area contributed by atoms with Crippen LogP contribution in [0.4, 0.5) is 4.79 Å². The van der Waals surface area contributed by atoms with Gasteiger partial charge >= 0.3 is 6.09 Å². The van der Waals surface area contributed by atoms with E-state index in [4.69, 9.17) is 9.47 Å². The first-order valence-corrected chi connectivity index (χ1v) is 6.42. The van der Waals surface area contributed by atoms with Crippen LogP contribution in [-0.4, -0.2) is 33.3 Å². The molecule has 0 aromatic heterocycles. The van der Waals surface area contributed by atoms with Gasteiger partial charge in [-0.15, -0.1) is 0 Å². The van der Waals surface area contributed by atoms with Crippen LogP contribution in [-0.2, 0) is 17.8 Å². The summed E-state index contributed by atoms with van der Waals surface area (Å²) in [6.45, 7) is 3.55. The molecule has 1 aromatic rings. The van der Waals surface area contributed by atoms with Crippen molar-refractivity contribution in [3.8, 4) is 5.75 Å². The van der Waals surface area contributed by atoms with E-state index in [0.29, 0.717) is 13.1 Å². The van der Waals surface area contributed by atoms with E-state index in [2.05, 4.69) is 17.6 Å². The van der Waals surface area contributed by atoms with Crippen molar-refractivity contribution in [2.45, 2.75) is 20.0 Å². The highest BCUT2D eigenvalue weighted by molar-refractivity contribution is 5.67. The minimum absolute atomic E-state index is 0.211. The molecule has 1 amide bonds. The van der Waals surface area contributed by atoms with Crippen molar-refractivity contribution in [1.82, 2.24) is 10.6 Å².